The lowest BCUT2D eigenvalue weighted by Crippen LogP contribution is -2.23. The molecule has 0 fully saturated rings. The van der Waals surface area contributed by atoms with Gasteiger partial charge in [-0.25, -0.2) is 13.1 Å². The van der Waals surface area contributed by atoms with E-state index < -0.39 is 10.0 Å². The van der Waals surface area contributed by atoms with Gasteiger partial charge < -0.3 is 0 Å². The molecule has 1 rings (SSSR count). The van der Waals surface area contributed by atoms with Crippen molar-refractivity contribution in [1.29, 1.82) is 0 Å². The van der Waals surface area contributed by atoms with E-state index in [1.807, 2.05) is 13.0 Å². The molecular weight excluding hydrogens is 270 g/mol. The summed E-state index contributed by atoms with van der Waals surface area (Å²) < 4.78 is 26.5. The van der Waals surface area contributed by atoms with Crippen LogP contribution >= 0.6 is 0 Å². The van der Waals surface area contributed by atoms with E-state index in [0.717, 1.165) is 18.4 Å². The Balaban J connectivity index is 2.60. The Kier molecular flexibility index (Phi) is 6.73. The molecule has 1 N–H and O–H groups in total. The summed E-state index contributed by atoms with van der Waals surface area (Å²) in [4.78, 5) is 0.292. The van der Waals surface area contributed by atoms with Gasteiger partial charge in [0.05, 0.1) is 4.90 Å². The van der Waals surface area contributed by atoms with Crippen LogP contribution in [0.3, 0.4) is 0 Å². The van der Waals surface area contributed by atoms with Gasteiger partial charge in [0, 0.05) is 6.54 Å². The number of aryl methyl sites for hydroxylation is 1. The van der Waals surface area contributed by atoms with Gasteiger partial charge in [-0.15, -0.1) is 5.73 Å². The molecule has 0 spiro atoms. The first kappa shape index (κ1) is 16.7. The molecule has 20 heavy (non-hydrogen) atoms. The highest BCUT2D eigenvalue weighted by Gasteiger charge is 2.11. The molecule has 0 aliphatic carbocycles. The van der Waals surface area contributed by atoms with Crippen LogP contribution < -0.4 is 4.72 Å². The van der Waals surface area contributed by atoms with Gasteiger partial charge in [-0.2, -0.15) is 0 Å². The lowest BCUT2D eigenvalue weighted by molar-refractivity contribution is 0.585. The van der Waals surface area contributed by atoms with E-state index in [-0.39, 0.29) is 6.54 Å². The molecular formula is C16H23NO2S. The van der Waals surface area contributed by atoms with Gasteiger partial charge in [0.1, 0.15) is 0 Å². The summed E-state index contributed by atoms with van der Waals surface area (Å²) >= 11 is 0. The molecule has 0 atom stereocenters. The summed E-state index contributed by atoms with van der Waals surface area (Å²) in [6.07, 6.45) is 5.86. The van der Waals surface area contributed by atoms with Crippen LogP contribution in [-0.2, 0) is 10.0 Å². The maximum Gasteiger partial charge on any atom is 0.240 e. The van der Waals surface area contributed by atoms with Gasteiger partial charge in [-0.1, -0.05) is 31.5 Å². The maximum atomic E-state index is 12.0. The molecule has 0 radical (unpaired) electrons. The van der Waals surface area contributed by atoms with Gasteiger partial charge in [0.25, 0.3) is 0 Å². The van der Waals surface area contributed by atoms with Crippen LogP contribution in [0, 0.1) is 12.8 Å². The fourth-order valence-electron chi connectivity index (χ4n) is 1.74. The van der Waals surface area contributed by atoms with Crippen LogP contribution in [0.4, 0.5) is 0 Å². The van der Waals surface area contributed by atoms with E-state index in [0.29, 0.717) is 10.8 Å². The molecule has 0 unspecified atom stereocenters. The third kappa shape index (κ3) is 5.33. The zero-order valence-corrected chi connectivity index (χ0v) is 13.2. The molecule has 3 nitrogen and oxygen atoms in total. The normalized spacial score (nSPS) is 11.2. The van der Waals surface area contributed by atoms with Crippen molar-refractivity contribution in [3.05, 3.63) is 47.7 Å². The van der Waals surface area contributed by atoms with E-state index in [9.17, 15) is 8.42 Å². The highest BCUT2D eigenvalue weighted by Crippen LogP contribution is 2.09. The smallest absolute Gasteiger partial charge is 0.207 e. The second-order valence-corrected chi connectivity index (χ2v) is 6.55. The average Bonchev–Trinajstić information content (AvgIpc) is 2.43. The summed E-state index contributed by atoms with van der Waals surface area (Å²) in [7, 11) is -3.42. The van der Waals surface area contributed by atoms with E-state index in [4.69, 9.17) is 0 Å². The van der Waals surface area contributed by atoms with Gasteiger partial charge in [0.2, 0.25) is 10.0 Å². The number of hydrogen-bond acceptors (Lipinski definition) is 2. The minimum absolute atomic E-state index is 0.257. The largest absolute Gasteiger partial charge is 0.240 e. The Bertz CT molecular complexity index is 563. The SMILES string of the molecule is CCC(C=C=CCNS(=O)(=O)c1ccc(C)cc1)CC. The highest BCUT2D eigenvalue weighted by atomic mass is 32.2. The third-order valence-corrected chi connectivity index (χ3v) is 4.64. The van der Waals surface area contributed by atoms with Crippen LogP contribution in [0.2, 0.25) is 0 Å². The maximum absolute atomic E-state index is 12.0. The molecule has 0 saturated heterocycles. The van der Waals surface area contributed by atoms with Crippen molar-refractivity contribution in [2.24, 2.45) is 5.92 Å². The van der Waals surface area contributed by atoms with E-state index in [2.05, 4.69) is 24.3 Å². The zero-order valence-electron chi connectivity index (χ0n) is 12.4. The second-order valence-electron chi connectivity index (χ2n) is 4.78. The topological polar surface area (TPSA) is 46.2 Å². The van der Waals surface area contributed by atoms with Crippen molar-refractivity contribution in [1.82, 2.24) is 4.72 Å². The highest BCUT2D eigenvalue weighted by molar-refractivity contribution is 7.89. The van der Waals surface area contributed by atoms with Gasteiger partial charge in [0.15, 0.2) is 0 Å². The van der Waals surface area contributed by atoms with Crippen LogP contribution in [0.5, 0.6) is 0 Å². The van der Waals surface area contributed by atoms with Crippen molar-refractivity contribution in [2.45, 2.75) is 38.5 Å². The fraction of sp³-hybridized carbons (Fsp3) is 0.438. The standard InChI is InChI=1S/C16H23NO2S/c1-4-15(5-2)8-6-7-13-17-20(18,19)16-11-9-14(3)10-12-16/h7-12,15,17H,4-5,13H2,1-3H3. The molecule has 0 heterocycles. The number of sulfonamides is 1. The van der Waals surface area contributed by atoms with Crippen LogP contribution in [-0.4, -0.2) is 15.0 Å². The minimum atomic E-state index is -3.42. The number of benzene rings is 1. The lowest BCUT2D eigenvalue weighted by atomic mass is 10.0. The Morgan fingerprint density at radius 2 is 1.80 bits per heavy atom. The molecule has 0 aromatic heterocycles. The van der Waals surface area contributed by atoms with E-state index in [1.54, 1.807) is 30.3 Å². The minimum Gasteiger partial charge on any atom is -0.207 e. The zero-order chi connectivity index (χ0) is 15.0. The van der Waals surface area contributed by atoms with Crippen molar-refractivity contribution in [2.75, 3.05) is 6.54 Å². The molecule has 4 heteroatoms. The summed E-state index contributed by atoms with van der Waals surface area (Å²) in [5, 5.41) is 0. The summed E-state index contributed by atoms with van der Waals surface area (Å²) in [5.41, 5.74) is 4.08. The van der Waals surface area contributed by atoms with Crippen molar-refractivity contribution >= 4 is 10.0 Å². The van der Waals surface area contributed by atoms with Crippen molar-refractivity contribution < 1.29 is 8.42 Å². The number of nitrogens with one attached hydrogen (secondary N) is 1. The number of hydrogen-bond donors (Lipinski definition) is 1. The number of rotatable bonds is 7. The molecule has 1 aromatic rings. The summed E-state index contributed by atoms with van der Waals surface area (Å²) in [6, 6.07) is 6.80. The molecule has 0 amide bonds. The summed E-state index contributed by atoms with van der Waals surface area (Å²) in [6.45, 7) is 6.45. The van der Waals surface area contributed by atoms with Gasteiger partial charge >= 0.3 is 0 Å². The predicted molar refractivity (Wildman–Crippen MR) is 83.1 cm³/mol. The third-order valence-electron chi connectivity index (χ3n) is 3.21. The Hall–Kier alpha value is -1.35. The van der Waals surface area contributed by atoms with Crippen LogP contribution in [0.1, 0.15) is 32.3 Å². The van der Waals surface area contributed by atoms with E-state index >= 15 is 0 Å². The van der Waals surface area contributed by atoms with Gasteiger partial charge in [-0.3, -0.25) is 0 Å². The molecule has 110 valence electrons. The first-order chi connectivity index (χ1) is 9.49. The molecule has 0 aliphatic rings. The first-order valence-corrected chi connectivity index (χ1v) is 8.45. The molecule has 0 bridgehead atoms. The van der Waals surface area contributed by atoms with Crippen molar-refractivity contribution in [3.63, 3.8) is 0 Å². The van der Waals surface area contributed by atoms with E-state index in [1.165, 1.54) is 0 Å². The molecule has 1 aromatic carbocycles. The Labute approximate surface area is 122 Å². The Morgan fingerprint density at radius 1 is 1.20 bits per heavy atom. The Morgan fingerprint density at radius 3 is 2.35 bits per heavy atom. The summed E-state index contributed by atoms with van der Waals surface area (Å²) in [5.74, 6) is 0.514. The monoisotopic (exact) mass is 293 g/mol. The predicted octanol–water partition coefficient (Wildman–Crippen LogP) is 3.42. The average molecular weight is 293 g/mol. The van der Waals surface area contributed by atoms with Crippen LogP contribution in [0.15, 0.2) is 47.0 Å². The molecule has 0 saturated carbocycles. The van der Waals surface area contributed by atoms with Crippen LogP contribution in [0.25, 0.3) is 0 Å². The quantitative estimate of drug-likeness (QED) is 0.783. The van der Waals surface area contributed by atoms with Gasteiger partial charge in [-0.05, 0) is 50.0 Å². The molecule has 0 aliphatic heterocycles. The van der Waals surface area contributed by atoms with Crippen molar-refractivity contribution in [3.8, 4) is 0 Å². The lowest BCUT2D eigenvalue weighted by Gasteiger charge is -2.04. The fourth-order valence-corrected chi connectivity index (χ4v) is 2.70. The second kappa shape index (κ2) is 8.05. The first-order valence-electron chi connectivity index (χ1n) is 6.97.